The molecule has 1 atom stereocenters. The molecule has 0 aliphatic heterocycles. The highest BCUT2D eigenvalue weighted by atomic mass is 79.9. The van der Waals surface area contributed by atoms with Crippen molar-refractivity contribution in [1.82, 2.24) is 4.72 Å². The Morgan fingerprint density at radius 3 is 2.76 bits per heavy atom. The first kappa shape index (κ1) is 14.4. The van der Waals surface area contributed by atoms with Crippen molar-refractivity contribution in [2.45, 2.75) is 24.3 Å². The van der Waals surface area contributed by atoms with Gasteiger partial charge in [-0.25, -0.2) is 13.1 Å². The fourth-order valence-corrected chi connectivity index (χ4v) is 3.27. The number of anilines is 1. The van der Waals surface area contributed by atoms with Crippen molar-refractivity contribution in [3.8, 4) is 0 Å². The van der Waals surface area contributed by atoms with E-state index in [9.17, 15) is 8.42 Å². The molecule has 0 aliphatic carbocycles. The molecule has 0 aromatic heterocycles. The molecule has 0 saturated heterocycles. The van der Waals surface area contributed by atoms with E-state index in [-0.39, 0.29) is 23.2 Å². The van der Waals surface area contributed by atoms with Gasteiger partial charge in [-0.05, 0) is 31.5 Å². The first-order chi connectivity index (χ1) is 7.86. The molecule has 7 heteroatoms. The number of aliphatic hydroxyl groups excluding tert-OH is 1. The predicted molar refractivity (Wildman–Crippen MR) is 70.0 cm³/mol. The van der Waals surface area contributed by atoms with Gasteiger partial charge in [0.05, 0.1) is 5.69 Å². The molecule has 17 heavy (non-hydrogen) atoms. The normalized spacial score (nSPS) is 13.6. The Morgan fingerprint density at radius 1 is 1.53 bits per heavy atom. The molecule has 0 radical (unpaired) electrons. The van der Waals surface area contributed by atoms with Crippen LogP contribution in [0.25, 0.3) is 0 Å². The second-order valence-electron chi connectivity index (χ2n) is 3.72. The third kappa shape index (κ3) is 3.95. The third-order valence-electron chi connectivity index (χ3n) is 2.18. The topological polar surface area (TPSA) is 92.4 Å². The zero-order chi connectivity index (χ0) is 13.1. The largest absolute Gasteiger partial charge is 0.398 e. The summed E-state index contributed by atoms with van der Waals surface area (Å²) in [5, 5.41) is 8.74. The molecular formula is C10H15BrN2O3S. The molecule has 0 spiro atoms. The molecule has 96 valence electrons. The van der Waals surface area contributed by atoms with Gasteiger partial charge >= 0.3 is 0 Å². The predicted octanol–water partition coefficient (Wildman–Crippen LogP) is 1.08. The van der Waals surface area contributed by atoms with Gasteiger partial charge in [0.25, 0.3) is 0 Å². The van der Waals surface area contributed by atoms with E-state index in [0.717, 1.165) is 0 Å². The zero-order valence-electron chi connectivity index (χ0n) is 9.35. The lowest BCUT2D eigenvalue weighted by molar-refractivity contribution is 0.275. The summed E-state index contributed by atoms with van der Waals surface area (Å²) in [4.78, 5) is 0.0386. The fourth-order valence-electron chi connectivity index (χ4n) is 1.32. The molecule has 4 N–H and O–H groups in total. The molecule has 1 unspecified atom stereocenters. The third-order valence-corrected chi connectivity index (χ3v) is 4.32. The van der Waals surface area contributed by atoms with E-state index < -0.39 is 10.0 Å². The summed E-state index contributed by atoms with van der Waals surface area (Å²) in [6, 6.07) is 4.30. The Labute approximate surface area is 109 Å². The van der Waals surface area contributed by atoms with Crippen molar-refractivity contribution in [2.24, 2.45) is 0 Å². The lowest BCUT2D eigenvalue weighted by atomic mass is 10.3. The molecule has 5 nitrogen and oxygen atoms in total. The van der Waals surface area contributed by atoms with Gasteiger partial charge < -0.3 is 10.8 Å². The van der Waals surface area contributed by atoms with Gasteiger partial charge in [0.2, 0.25) is 10.0 Å². The molecular weight excluding hydrogens is 308 g/mol. The number of rotatable bonds is 5. The highest BCUT2D eigenvalue weighted by Gasteiger charge is 2.20. The van der Waals surface area contributed by atoms with Crippen molar-refractivity contribution in [2.75, 3.05) is 12.3 Å². The Balaban J connectivity index is 3.01. The van der Waals surface area contributed by atoms with Gasteiger partial charge in [-0.2, -0.15) is 0 Å². The molecule has 1 rings (SSSR count). The summed E-state index contributed by atoms with van der Waals surface area (Å²) >= 11 is 3.20. The minimum absolute atomic E-state index is 0.0386. The summed E-state index contributed by atoms with van der Waals surface area (Å²) in [6.45, 7) is 1.61. The van der Waals surface area contributed by atoms with Crippen molar-refractivity contribution < 1.29 is 13.5 Å². The smallest absolute Gasteiger partial charge is 0.242 e. The van der Waals surface area contributed by atoms with Crippen molar-refractivity contribution in [1.29, 1.82) is 0 Å². The van der Waals surface area contributed by atoms with E-state index in [1.54, 1.807) is 13.0 Å². The van der Waals surface area contributed by atoms with Crippen LogP contribution in [0.2, 0.25) is 0 Å². The van der Waals surface area contributed by atoms with Crippen molar-refractivity contribution in [3.63, 3.8) is 0 Å². The molecule has 0 saturated carbocycles. The number of halogens is 1. The van der Waals surface area contributed by atoms with Crippen molar-refractivity contribution >= 4 is 31.6 Å². The number of nitrogens with two attached hydrogens (primary N) is 1. The van der Waals surface area contributed by atoms with Crippen LogP contribution in [-0.2, 0) is 10.0 Å². The highest BCUT2D eigenvalue weighted by molar-refractivity contribution is 9.10. The van der Waals surface area contributed by atoms with Gasteiger partial charge in [0, 0.05) is 17.1 Å². The Kier molecular flexibility index (Phi) is 4.93. The van der Waals surface area contributed by atoms with Gasteiger partial charge in [-0.3, -0.25) is 0 Å². The quantitative estimate of drug-likeness (QED) is 0.707. The number of hydrogen-bond donors (Lipinski definition) is 3. The van der Waals surface area contributed by atoms with E-state index in [1.807, 2.05) is 0 Å². The molecule has 1 aromatic rings. The van der Waals surface area contributed by atoms with Crippen LogP contribution in [0.5, 0.6) is 0 Å². The van der Waals surface area contributed by atoms with E-state index >= 15 is 0 Å². The standard InChI is InChI=1S/C10H15BrN2O3S/c1-7(4-5-14)13-17(15,16)10-6-8(11)2-3-9(10)12/h2-3,6-7,13-14H,4-5,12H2,1H3. The minimum Gasteiger partial charge on any atom is -0.398 e. The van der Waals surface area contributed by atoms with E-state index in [0.29, 0.717) is 10.9 Å². The maximum absolute atomic E-state index is 12.0. The van der Waals surface area contributed by atoms with Crippen LogP contribution in [0, 0.1) is 0 Å². The van der Waals surface area contributed by atoms with Gasteiger partial charge in [-0.1, -0.05) is 15.9 Å². The number of sulfonamides is 1. The van der Waals surface area contributed by atoms with Crippen molar-refractivity contribution in [3.05, 3.63) is 22.7 Å². The van der Waals surface area contributed by atoms with Crippen LogP contribution in [0.15, 0.2) is 27.6 Å². The number of benzene rings is 1. The fraction of sp³-hybridized carbons (Fsp3) is 0.400. The van der Waals surface area contributed by atoms with Crippen LogP contribution in [0.1, 0.15) is 13.3 Å². The number of hydrogen-bond acceptors (Lipinski definition) is 4. The zero-order valence-corrected chi connectivity index (χ0v) is 11.8. The summed E-state index contributed by atoms with van der Waals surface area (Å²) in [5.74, 6) is 0. The lowest BCUT2D eigenvalue weighted by Crippen LogP contribution is -2.33. The SMILES string of the molecule is CC(CCO)NS(=O)(=O)c1cc(Br)ccc1N. The minimum atomic E-state index is -3.65. The first-order valence-electron chi connectivity index (χ1n) is 5.05. The van der Waals surface area contributed by atoms with Crippen LogP contribution in [-0.4, -0.2) is 26.2 Å². The molecule has 1 aromatic carbocycles. The summed E-state index contributed by atoms with van der Waals surface area (Å²) in [6.07, 6.45) is 0.354. The second-order valence-corrected chi connectivity index (χ2v) is 6.31. The van der Waals surface area contributed by atoms with E-state index in [4.69, 9.17) is 10.8 Å². The average Bonchev–Trinajstić information content (AvgIpc) is 2.21. The first-order valence-corrected chi connectivity index (χ1v) is 7.32. The molecule has 0 aliphatic rings. The van der Waals surface area contributed by atoms with Crippen LogP contribution in [0.3, 0.4) is 0 Å². The molecule has 0 bridgehead atoms. The summed E-state index contributed by atoms with van der Waals surface area (Å²) in [7, 11) is -3.65. The van der Waals surface area contributed by atoms with E-state index in [1.165, 1.54) is 12.1 Å². The lowest BCUT2D eigenvalue weighted by Gasteiger charge is -2.14. The summed E-state index contributed by atoms with van der Waals surface area (Å²) in [5.41, 5.74) is 5.83. The van der Waals surface area contributed by atoms with E-state index in [2.05, 4.69) is 20.7 Å². The number of aliphatic hydroxyl groups is 1. The summed E-state index contributed by atoms with van der Waals surface area (Å²) < 4.78 is 27.1. The Hall–Kier alpha value is -0.630. The maximum Gasteiger partial charge on any atom is 0.242 e. The molecule has 0 heterocycles. The second kappa shape index (κ2) is 5.81. The van der Waals surface area contributed by atoms with Gasteiger partial charge in [0.1, 0.15) is 4.90 Å². The maximum atomic E-state index is 12.0. The highest BCUT2D eigenvalue weighted by Crippen LogP contribution is 2.23. The van der Waals surface area contributed by atoms with Gasteiger partial charge in [-0.15, -0.1) is 0 Å². The van der Waals surface area contributed by atoms with Crippen LogP contribution < -0.4 is 10.5 Å². The van der Waals surface area contributed by atoms with Crippen LogP contribution >= 0.6 is 15.9 Å². The number of nitrogen functional groups attached to an aromatic ring is 1. The molecule has 0 fully saturated rings. The Bertz CT molecular complexity index is 490. The Morgan fingerprint density at radius 2 is 2.18 bits per heavy atom. The average molecular weight is 323 g/mol. The van der Waals surface area contributed by atoms with Crippen LogP contribution in [0.4, 0.5) is 5.69 Å². The molecule has 0 amide bonds. The monoisotopic (exact) mass is 322 g/mol. The number of nitrogens with one attached hydrogen (secondary N) is 1. The van der Waals surface area contributed by atoms with Gasteiger partial charge in [0.15, 0.2) is 0 Å².